The Morgan fingerprint density at radius 3 is 2.73 bits per heavy atom. The monoisotopic (exact) mass is 170 g/mol. The summed E-state index contributed by atoms with van der Waals surface area (Å²) >= 11 is 1.92. The Kier molecular flexibility index (Phi) is 1.20. The fourth-order valence-corrected chi connectivity index (χ4v) is 3.19. The van der Waals surface area contributed by atoms with Gasteiger partial charge in [0.2, 0.25) is 0 Å². The molecule has 2 fully saturated rings. The van der Waals surface area contributed by atoms with E-state index in [0.29, 0.717) is 5.92 Å². The maximum atomic E-state index is 5.43. The average molecular weight is 170 g/mol. The van der Waals surface area contributed by atoms with Gasteiger partial charge < -0.3 is 9.47 Å². The van der Waals surface area contributed by atoms with E-state index in [9.17, 15) is 0 Å². The molecule has 11 heavy (non-hydrogen) atoms. The maximum Gasteiger partial charge on any atom is 0.168 e. The normalized spacial score (nSPS) is 58.8. The fourth-order valence-electron chi connectivity index (χ4n) is 1.88. The van der Waals surface area contributed by atoms with Crippen LogP contribution in [0.25, 0.3) is 0 Å². The van der Waals surface area contributed by atoms with E-state index in [4.69, 9.17) is 9.47 Å². The van der Waals surface area contributed by atoms with Crippen molar-refractivity contribution in [3.05, 3.63) is 11.5 Å². The second-order valence-electron chi connectivity index (χ2n) is 3.29. The van der Waals surface area contributed by atoms with Gasteiger partial charge in [0.05, 0.1) is 0 Å². The van der Waals surface area contributed by atoms with Crippen LogP contribution in [0, 0.1) is 11.8 Å². The van der Waals surface area contributed by atoms with Gasteiger partial charge in [-0.1, -0.05) is 6.08 Å². The Labute approximate surface area is 69.9 Å². The first kappa shape index (κ1) is 6.52. The molecule has 60 valence electrons. The Morgan fingerprint density at radius 1 is 1.36 bits per heavy atom. The zero-order valence-electron chi connectivity index (χ0n) is 6.27. The van der Waals surface area contributed by atoms with Crippen LogP contribution < -0.4 is 0 Å². The minimum absolute atomic E-state index is 0.0373. The topological polar surface area (TPSA) is 18.5 Å². The minimum Gasteiger partial charge on any atom is -0.324 e. The fraction of sp³-hybridized carbons (Fsp3) is 0.750. The zero-order valence-corrected chi connectivity index (χ0v) is 7.08. The van der Waals surface area contributed by atoms with E-state index in [0.717, 1.165) is 11.2 Å². The average Bonchev–Trinajstić information content (AvgIpc) is 2.42. The molecule has 0 aromatic heterocycles. The van der Waals surface area contributed by atoms with Crippen molar-refractivity contribution in [1.29, 1.82) is 0 Å². The Bertz CT molecular complexity index is 210. The predicted molar refractivity (Wildman–Crippen MR) is 42.9 cm³/mol. The van der Waals surface area contributed by atoms with E-state index in [1.165, 1.54) is 0 Å². The number of hydrogen-bond acceptors (Lipinski definition) is 3. The van der Waals surface area contributed by atoms with Gasteiger partial charge in [-0.05, 0) is 18.2 Å². The van der Waals surface area contributed by atoms with Crippen molar-refractivity contribution in [3.63, 3.8) is 0 Å². The molecular weight excluding hydrogens is 160 g/mol. The van der Waals surface area contributed by atoms with Gasteiger partial charge in [0.25, 0.3) is 0 Å². The Balaban J connectivity index is 1.63. The molecule has 3 atom stereocenters. The smallest absolute Gasteiger partial charge is 0.168 e. The molecule has 0 bridgehead atoms. The van der Waals surface area contributed by atoms with Crippen molar-refractivity contribution >= 4 is 11.8 Å². The molecule has 2 heterocycles. The maximum absolute atomic E-state index is 5.43. The number of thioether (sulfide) groups is 1. The number of hydrogen-bond donors (Lipinski definition) is 0. The molecule has 1 saturated heterocycles. The molecule has 2 aliphatic heterocycles. The van der Waals surface area contributed by atoms with Crippen molar-refractivity contribution in [3.8, 4) is 0 Å². The van der Waals surface area contributed by atoms with E-state index in [1.54, 1.807) is 0 Å². The van der Waals surface area contributed by atoms with Crippen LogP contribution in [0.4, 0.5) is 0 Å². The highest BCUT2D eigenvalue weighted by molar-refractivity contribution is 8.03. The number of allylic oxidation sites excluding steroid dienone is 1. The number of fused-ring (bicyclic) bond motifs is 1. The van der Waals surface area contributed by atoms with Crippen molar-refractivity contribution in [1.82, 2.24) is 0 Å². The largest absolute Gasteiger partial charge is 0.324 e. The van der Waals surface area contributed by atoms with Gasteiger partial charge in [0.15, 0.2) is 12.6 Å². The van der Waals surface area contributed by atoms with Gasteiger partial charge in [-0.2, -0.15) is 0 Å². The van der Waals surface area contributed by atoms with E-state index >= 15 is 0 Å². The first-order chi connectivity index (χ1) is 5.36. The lowest BCUT2D eigenvalue weighted by atomic mass is 10.3. The second kappa shape index (κ2) is 2.03. The molecule has 0 radical (unpaired) electrons. The van der Waals surface area contributed by atoms with Gasteiger partial charge in [-0.15, -0.1) is 11.8 Å². The standard InChI is InChI=1S/C8H10O2S/c1-4-9-8(10-4)6-5-2-3-11-7(5)6/h2-8H,1H3/t4?,5-,6+,7-,8?/m1/s1. The summed E-state index contributed by atoms with van der Waals surface area (Å²) in [5.41, 5.74) is 0. The summed E-state index contributed by atoms with van der Waals surface area (Å²) in [5.74, 6) is 1.40. The number of ether oxygens (including phenoxy) is 2. The lowest BCUT2D eigenvalue weighted by Gasteiger charge is -2.34. The molecule has 0 N–H and O–H groups in total. The number of rotatable bonds is 1. The van der Waals surface area contributed by atoms with Crippen LogP contribution in [0.1, 0.15) is 6.92 Å². The third kappa shape index (κ3) is 0.819. The Morgan fingerprint density at radius 2 is 2.18 bits per heavy atom. The van der Waals surface area contributed by atoms with E-state index in [1.807, 2.05) is 18.7 Å². The van der Waals surface area contributed by atoms with Gasteiger partial charge >= 0.3 is 0 Å². The molecule has 1 aliphatic carbocycles. The molecule has 0 unspecified atom stereocenters. The van der Waals surface area contributed by atoms with Gasteiger partial charge in [0.1, 0.15) is 0 Å². The quantitative estimate of drug-likeness (QED) is 0.595. The predicted octanol–water partition coefficient (Wildman–Crippen LogP) is 1.58. The van der Waals surface area contributed by atoms with Crippen LogP contribution in [-0.4, -0.2) is 17.8 Å². The Hall–Kier alpha value is 0.01000. The molecular formula is C8H10O2S. The first-order valence-corrected chi connectivity index (χ1v) is 4.93. The van der Waals surface area contributed by atoms with Crippen LogP contribution in [0.3, 0.4) is 0 Å². The lowest BCUT2D eigenvalue weighted by Crippen LogP contribution is -2.41. The van der Waals surface area contributed by atoms with Crippen LogP contribution in [0.5, 0.6) is 0 Å². The van der Waals surface area contributed by atoms with Crippen LogP contribution in [0.2, 0.25) is 0 Å². The summed E-state index contributed by atoms with van der Waals surface area (Å²) in [7, 11) is 0. The molecule has 0 aromatic carbocycles. The summed E-state index contributed by atoms with van der Waals surface area (Å²) in [6, 6.07) is 0. The highest BCUT2D eigenvalue weighted by Crippen LogP contribution is 2.58. The molecule has 1 saturated carbocycles. The van der Waals surface area contributed by atoms with Crippen molar-refractivity contribution < 1.29 is 9.47 Å². The van der Waals surface area contributed by atoms with Crippen molar-refractivity contribution in [2.45, 2.75) is 24.8 Å². The first-order valence-electron chi connectivity index (χ1n) is 3.99. The summed E-state index contributed by atoms with van der Waals surface area (Å²) in [6.45, 7) is 1.94. The van der Waals surface area contributed by atoms with Crippen LogP contribution in [-0.2, 0) is 9.47 Å². The molecule has 0 aromatic rings. The molecule has 3 heteroatoms. The third-order valence-electron chi connectivity index (χ3n) is 2.56. The zero-order chi connectivity index (χ0) is 7.42. The van der Waals surface area contributed by atoms with Gasteiger partial charge in [0, 0.05) is 11.2 Å². The van der Waals surface area contributed by atoms with Crippen LogP contribution >= 0.6 is 11.8 Å². The van der Waals surface area contributed by atoms with Crippen LogP contribution in [0.15, 0.2) is 11.5 Å². The molecule has 2 nitrogen and oxygen atoms in total. The highest BCUT2D eigenvalue weighted by atomic mass is 32.2. The molecule has 0 amide bonds. The summed E-state index contributed by atoms with van der Waals surface area (Å²) in [5, 5.41) is 2.96. The van der Waals surface area contributed by atoms with Gasteiger partial charge in [-0.3, -0.25) is 0 Å². The summed E-state index contributed by atoms with van der Waals surface area (Å²) in [6.07, 6.45) is 2.42. The SMILES string of the molecule is CC1OC([C@H]2[C@H]3C=CS[C@H]32)O1. The lowest BCUT2D eigenvalue weighted by molar-refractivity contribution is -0.383. The third-order valence-corrected chi connectivity index (χ3v) is 3.82. The van der Waals surface area contributed by atoms with E-state index in [2.05, 4.69) is 11.5 Å². The second-order valence-corrected chi connectivity index (χ2v) is 4.38. The molecule has 3 rings (SSSR count). The highest BCUT2D eigenvalue weighted by Gasteiger charge is 2.59. The van der Waals surface area contributed by atoms with Crippen molar-refractivity contribution in [2.24, 2.45) is 11.8 Å². The van der Waals surface area contributed by atoms with Crippen molar-refractivity contribution in [2.75, 3.05) is 0 Å². The van der Waals surface area contributed by atoms with E-state index in [-0.39, 0.29) is 12.6 Å². The van der Waals surface area contributed by atoms with Gasteiger partial charge in [-0.25, -0.2) is 0 Å². The summed E-state index contributed by atoms with van der Waals surface area (Å²) < 4.78 is 10.9. The molecule has 0 spiro atoms. The van der Waals surface area contributed by atoms with E-state index < -0.39 is 0 Å². The minimum atomic E-state index is 0.0373. The summed E-state index contributed by atoms with van der Waals surface area (Å²) in [4.78, 5) is 0. The molecule has 3 aliphatic rings.